The fourth-order valence-electron chi connectivity index (χ4n) is 4.86. The van der Waals surface area contributed by atoms with E-state index in [0.29, 0.717) is 0 Å². The van der Waals surface area contributed by atoms with Gasteiger partial charge in [0.1, 0.15) is 0 Å². The predicted octanol–water partition coefficient (Wildman–Crippen LogP) is 7.30. The van der Waals surface area contributed by atoms with Crippen molar-refractivity contribution < 1.29 is 0 Å². The Morgan fingerprint density at radius 3 is 1.37 bits per heavy atom. The van der Waals surface area contributed by atoms with Crippen molar-refractivity contribution in [2.45, 2.75) is 0 Å². The van der Waals surface area contributed by atoms with Gasteiger partial charge in [0.15, 0.2) is 0 Å². The first-order valence-corrected chi connectivity index (χ1v) is 10.2. The van der Waals surface area contributed by atoms with Crippen molar-refractivity contribution in [1.29, 1.82) is 0 Å². The van der Waals surface area contributed by atoms with Gasteiger partial charge in [0.05, 0.1) is 22.1 Å². The molecule has 0 bridgehead atoms. The minimum Gasteiger partial charge on any atom is -0.244 e. The summed E-state index contributed by atoms with van der Waals surface area (Å²) in [5, 5.41) is 4.90. The minimum absolute atomic E-state index is 0.934. The summed E-state index contributed by atoms with van der Waals surface area (Å²) in [7, 11) is 0. The monoisotopic (exact) mass is 380 g/mol. The molecule has 4 aliphatic carbocycles. The first kappa shape index (κ1) is 15.8. The number of aromatic nitrogens is 2. The molecule has 4 aliphatic rings. The van der Waals surface area contributed by atoms with Crippen molar-refractivity contribution >= 4 is 43.6 Å². The molecule has 2 aromatic carbocycles. The van der Waals surface area contributed by atoms with E-state index >= 15 is 0 Å². The van der Waals surface area contributed by atoms with E-state index in [2.05, 4.69) is 72.8 Å². The normalized spacial score (nSPS) is 12.0. The van der Waals surface area contributed by atoms with Gasteiger partial charge in [-0.25, -0.2) is 9.97 Å². The van der Waals surface area contributed by atoms with Gasteiger partial charge in [-0.2, -0.15) is 0 Å². The van der Waals surface area contributed by atoms with E-state index in [0.717, 1.165) is 22.1 Å². The third-order valence-electron chi connectivity index (χ3n) is 6.15. The lowest BCUT2D eigenvalue weighted by Gasteiger charge is -2.07. The van der Waals surface area contributed by atoms with Gasteiger partial charge >= 0.3 is 0 Å². The Morgan fingerprint density at radius 2 is 0.867 bits per heavy atom. The summed E-state index contributed by atoms with van der Waals surface area (Å²) in [5.74, 6) is 0. The van der Waals surface area contributed by atoms with Crippen LogP contribution in [0.4, 0.5) is 0 Å². The Morgan fingerprint density at radius 1 is 0.433 bits per heavy atom. The number of nitrogens with zero attached hydrogens (tertiary/aromatic N) is 2. The second kappa shape index (κ2) is 5.74. The van der Waals surface area contributed by atoms with Gasteiger partial charge in [0, 0.05) is 21.5 Å². The highest BCUT2D eigenvalue weighted by Crippen LogP contribution is 2.47. The van der Waals surface area contributed by atoms with E-state index in [4.69, 9.17) is 9.97 Å². The van der Waals surface area contributed by atoms with Crippen molar-refractivity contribution in [2.24, 2.45) is 0 Å². The molecule has 0 amide bonds. The van der Waals surface area contributed by atoms with Crippen LogP contribution < -0.4 is 0 Å². The van der Waals surface area contributed by atoms with E-state index in [1.807, 2.05) is 24.3 Å². The van der Waals surface area contributed by atoms with E-state index in [1.54, 1.807) is 0 Å². The van der Waals surface area contributed by atoms with E-state index < -0.39 is 0 Å². The molecular weight excluding hydrogens is 364 g/mol. The van der Waals surface area contributed by atoms with E-state index in [9.17, 15) is 0 Å². The SMILES string of the molecule is c1ccc2cc3c4nc5ccccc5nc4c4cc5cccccc-5c4c3c-2cc1. The summed E-state index contributed by atoms with van der Waals surface area (Å²) in [5.41, 5.74) is 8.81. The molecule has 0 saturated carbocycles. The maximum atomic E-state index is 5.09. The van der Waals surface area contributed by atoms with Gasteiger partial charge in [-0.3, -0.25) is 0 Å². The van der Waals surface area contributed by atoms with Crippen LogP contribution in [-0.4, -0.2) is 9.97 Å². The van der Waals surface area contributed by atoms with Crippen LogP contribution in [-0.2, 0) is 0 Å². The molecule has 0 saturated heterocycles. The number of para-hydroxylation sites is 2. The van der Waals surface area contributed by atoms with Crippen LogP contribution >= 0.6 is 0 Å². The molecule has 0 atom stereocenters. The van der Waals surface area contributed by atoms with Gasteiger partial charge in [0.2, 0.25) is 0 Å². The van der Waals surface area contributed by atoms with Crippen LogP contribution in [0.2, 0.25) is 0 Å². The summed E-state index contributed by atoms with van der Waals surface area (Å²) >= 11 is 0. The van der Waals surface area contributed by atoms with Crippen molar-refractivity contribution in [3.8, 4) is 22.3 Å². The first-order chi connectivity index (χ1) is 14.9. The van der Waals surface area contributed by atoms with Crippen LogP contribution in [0.1, 0.15) is 0 Å². The molecule has 0 spiro atoms. The molecule has 0 unspecified atom stereocenters. The number of hydrogen-bond donors (Lipinski definition) is 0. The van der Waals surface area contributed by atoms with Gasteiger partial charge in [-0.15, -0.1) is 0 Å². The second-order valence-electron chi connectivity index (χ2n) is 7.83. The van der Waals surface area contributed by atoms with Crippen LogP contribution in [0, 0.1) is 0 Å². The molecule has 0 radical (unpaired) electrons. The third-order valence-corrected chi connectivity index (χ3v) is 6.15. The van der Waals surface area contributed by atoms with Gasteiger partial charge in [0.25, 0.3) is 0 Å². The van der Waals surface area contributed by atoms with Crippen molar-refractivity contribution in [2.75, 3.05) is 0 Å². The van der Waals surface area contributed by atoms with Crippen molar-refractivity contribution in [3.05, 3.63) is 97.1 Å². The summed E-state index contributed by atoms with van der Waals surface area (Å²) < 4.78 is 0. The zero-order chi connectivity index (χ0) is 19.7. The lowest BCUT2D eigenvalue weighted by atomic mass is 10.0. The highest BCUT2D eigenvalue weighted by Gasteiger charge is 2.22. The van der Waals surface area contributed by atoms with Crippen molar-refractivity contribution in [3.63, 3.8) is 0 Å². The maximum Gasteiger partial charge on any atom is 0.0979 e. The first-order valence-electron chi connectivity index (χ1n) is 10.2. The van der Waals surface area contributed by atoms with E-state index in [-0.39, 0.29) is 0 Å². The Bertz CT molecular complexity index is 1570. The largest absolute Gasteiger partial charge is 0.244 e. The second-order valence-corrected chi connectivity index (χ2v) is 7.83. The molecular formula is C28H16N2. The molecule has 0 aliphatic heterocycles. The lowest BCUT2D eigenvalue weighted by Crippen LogP contribution is -1.88. The third kappa shape index (κ3) is 2.03. The minimum atomic E-state index is 0.934. The highest BCUT2D eigenvalue weighted by molar-refractivity contribution is 6.33. The zero-order valence-corrected chi connectivity index (χ0v) is 16.1. The quantitative estimate of drug-likeness (QED) is 0.258. The summed E-state index contributed by atoms with van der Waals surface area (Å²) in [6.45, 7) is 0. The van der Waals surface area contributed by atoms with Gasteiger partial charge < -0.3 is 0 Å². The Kier molecular flexibility index (Phi) is 3.03. The van der Waals surface area contributed by atoms with E-state index in [1.165, 1.54) is 43.8 Å². The molecule has 2 heteroatoms. The summed E-state index contributed by atoms with van der Waals surface area (Å²) in [6, 6.07) is 34.1. The van der Waals surface area contributed by atoms with Crippen molar-refractivity contribution in [1.82, 2.24) is 9.97 Å². The molecule has 1 aromatic heterocycles. The number of fused-ring (bicyclic) bond motifs is 11. The highest BCUT2D eigenvalue weighted by atomic mass is 14.8. The number of benzene rings is 2. The predicted molar refractivity (Wildman–Crippen MR) is 125 cm³/mol. The maximum absolute atomic E-state index is 5.09. The molecule has 0 N–H and O–H groups in total. The summed E-state index contributed by atoms with van der Waals surface area (Å²) in [4.78, 5) is 10.2. The molecule has 2 nitrogen and oxygen atoms in total. The van der Waals surface area contributed by atoms with Crippen LogP contribution in [0.3, 0.4) is 0 Å². The standard InChI is InChI=1S/C28H16N2/c1-3-9-17-15-21-25(19(17)11-5-1)26-20-12-6-2-4-10-18(20)16-22(26)28-27(21)29-23-13-7-8-14-24(23)30-28/h1-16H. The molecule has 3 aromatic rings. The van der Waals surface area contributed by atoms with Crippen LogP contribution in [0.5, 0.6) is 0 Å². The Labute approximate surface area is 173 Å². The molecule has 138 valence electrons. The lowest BCUT2D eigenvalue weighted by molar-refractivity contribution is 1.42. The number of rotatable bonds is 0. The van der Waals surface area contributed by atoms with Crippen LogP contribution in [0.25, 0.3) is 65.9 Å². The zero-order valence-electron chi connectivity index (χ0n) is 16.1. The van der Waals surface area contributed by atoms with Gasteiger partial charge in [-0.05, 0) is 46.5 Å². The molecule has 30 heavy (non-hydrogen) atoms. The Hall–Kier alpha value is -4.04. The smallest absolute Gasteiger partial charge is 0.0979 e. The molecule has 0 fully saturated rings. The average molecular weight is 380 g/mol. The van der Waals surface area contributed by atoms with Crippen LogP contribution in [0.15, 0.2) is 97.1 Å². The molecule has 7 rings (SSSR count). The average Bonchev–Trinajstić information content (AvgIpc) is 3.09. The Balaban J connectivity index is 1.85. The fourth-order valence-corrected chi connectivity index (χ4v) is 4.86. The fraction of sp³-hybridized carbons (Fsp3) is 0. The summed E-state index contributed by atoms with van der Waals surface area (Å²) in [6.07, 6.45) is 0. The topological polar surface area (TPSA) is 25.8 Å². The number of hydrogen-bond acceptors (Lipinski definition) is 2. The van der Waals surface area contributed by atoms with Gasteiger partial charge in [-0.1, -0.05) is 72.8 Å². The molecule has 1 heterocycles.